The van der Waals surface area contributed by atoms with E-state index >= 15 is 0 Å². The highest BCUT2D eigenvalue weighted by molar-refractivity contribution is 4.95. The zero-order chi connectivity index (χ0) is 13.0. The summed E-state index contributed by atoms with van der Waals surface area (Å²) in [5, 5.41) is 10.7. The SMILES string of the molecule is CCC1CCC(CN)(C(O)CC2CCCCC2)C1. The summed E-state index contributed by atoms with van der Waals surface area (Å²) in [5.41, 5.74) is 6.09. The summed E-state index contributed by atoms with van der Waals surface area (Å²) in [4.78, 5) is 0. The molecule has 2 rings (SSSR count). The molecule has 0 aromatic rings. The average molecular weight is 253 g/mol. The van der Waals surface area contributed by atoms with E-state index in [9.17, 15) is 5.11 Å². The summed E-state index contributed by atoms with van der Waals surface area (Å²) in [7, 11) is 0. The molecule has 2 saturated carbocycles. The Kier molecular flexibility index (Phi) is 5.08. The zero-order valence-corrected chi connectivity index (χ0v) is 12.0. The van der Waals surface area contributed by atoms with E-state index in [4.69, 9.17) is 5.73 Å². The molecule has 106 valence electrons. The van der Waals surface area contributed by atoms with Crippen LogP contribution >= 0.6 is 0 Å². The first-order valence-corrected chi connectivity index (χ1v) is 8.08. The van der Waals surface area contributed by atoms with Gasteiger partial charge in [-0.05, 0) is 37.5 Å². The second-order valence-corrected chi connectivity index (χ2v) is 6.84. The fourth-order valence-corrected chi connectivity index (χ4v) is 4.23. The summed E-state index contributed by atoms with van der Waals surface area (Å²) in [6.45, 7) is 2.95. The van der Waals surface area contributed by atoms with Gasteiger partial charge >= 0.3 is 0 Å². The van der Waals surface area contributed by atoms with Crippen LogP contribution in [-0.2, 0) is 0 Å². The fraction of sp³-hybridized carbons (Fsp3) is 1.00. The average Bonchev–Trinajstić information content (AvgIpc) is 2.85. The Hall–Kier alpha value is -0.0800. The molecule has 0 amide bonds. The van der Waals surface area contributed by atoms with E-state index in [-0.39, 0.29) is 11.5 Å². The Morgan fingerprint density at radius 2 is 1.89 bits per heavy atom. The molecular formula is C16H31NO. The van der Waals surface area contributed by atoms with Gasteiger partial charge in [0.15, 0.2) is 0 Å². The van der Waals surface area contributed by atoms with Crippen molar-refractivity contribution in [3.05, 3.63) is 0 Å². The first-order valence-electron chi connectivity index (χ1n) is 8.08. The Morgan fingerprint density at radius 3 is 2.44 bits per heavy atom. The molecule has 0 saturated heterocycles. The summed E-state index contributed by atoms with van der Waals surface area (Å²) in [5.74, 6) is 1.56. The van der Waals surface area contributed by atoms with Crippen molar-refractivity contribution < 1.29 is 5.11 Å². The van der Waals surface area contributed by atoms with E-state index in [0.717, 1.165) is 31.1 Å². The molecule has 2 heteroatoms. The van der Waals surface area contributed by atoms with Crippen LogP contribution in [0.1, 0.15) is 71.1 Å². The molecule has 0 aliphatic heterocycles. The summed E-state index contributed by atoms with van der Waals surface area (Å²) in [6, 6.07) is 0. The second-order valence-electron chi connectivity index (χ2n) is 6.84. The third kappa shape index (κ3) is 3.08. The standard InChI is InChI=1S/C16H31NO/c1-2-13-8-9-16(11-13,12-17)15(18)10-14-6-4-3-5-7-14/h13-15,18H,2-12,17H2,1H3. The molecule has 0 aromatic carbocycles. The topological polar surface area (TPSA) is 46.2 Å². The van der Waals surface area contributed by atoms with Crippen LogP contribution in [0.25, 0.3) is 0 Å². The van der Waals surface area contributed by atoms with Crippen LogP contribution in [0, 0.1) is 17.3 Å². The minimum atomic E-state index is -0.151. The molecule has 0 radical (unpaired) electrons. The van der Waals surface area contributed by atoms with Crippen LogP contribution in [0.5, 0.6) is 0 Å². The lowest BCUT2D eigenvalue weighted by Gasteiger charge is -2.36. The molecule has 2 nitrogen and oxygen atoms in total. The summed E-state index contributed by atoms with van der Waals surface area (Å²) < 4.78 is 0. The van der Waals surface area contributed by atoms with Gasteiger partial charge in [0, 0.05) is 12.0 Å². The predicted octanol–water partition coefficient (Wildman–Crippen LogP) is 3.47. The van der Waals surface area contributed by atoms with Gasteiger partial charge in [-0.15, -0.1) is 0 Å². The normalized spacial score (nSPS) is 35.8. The van der Waals surface area contributed by atoms with Crippen LogP contribution in [-0.4, -0.2) is 17.8 Å². The van der Waals surface area contributed by atoms with Gasteiger partial charge in [0.1, 0.15) is 0 Å². The number of hydrogen-bond donors (Lipinski definition) is 2. The van der Waals surface area contributed by atoms with Gasteiger partial charge in [-0.1, -0.05) is 45.4 Å². The summed E-state index contributed by atoms with van der Waals surface area (Å²) >= 11 is 0. The van der Waals surface area contributed by atoms with E-state index in [0.29, 0.717) is 6.54 Å². The lowest BCUT2D eigenvalue weighted by atomic mass is 9.74. The quantitative estimate of drug-likeness (QED) is 0.788. The van der Waals surface area contributed by atoms with Crippen molar-refractivity contribution in [2.45, 2.75) is 77.2 Å². The first kappa shape index (κ1) is 14.3. The lowest BCUT2D eigenvalue weighted by Crippen LogP contribution is -2.41. The molecule has 2 aliphatic rings. The van der Waals surface area contributed by atoms with Crippen molar-refractivity contribution in [2.24, 2.45) is 23.0 Å². The van der Waals surface area contributed by atoms with Crippen LogP contribution in [0.4, 0.5) is 0 Å². The third-order valence-electron chi connectivity index (χ3n) is 5.72. The predicted molar refractivity (Wildman–Crippen MR) is 76.3 cm³/mol. The van der Waals surface area contributed by atoms with E-state index in [1.165, 1.54) is 44.9 Å². The van der Waals surface area contributed by atoms with Gasteiger partial charge in [-0.3, -0.25) is 0 Å². The van der Waals surface area contributed by atoms with Gasteiger partial charge < -0.3 is 10.8 Å². The van der Waals surface area contributed by atoms with E-state index < -0.39 is 0 Å². The minimum absolute atomic E-state index is 0.0537. The van der Waals surface area contributed by atoms with Crippen LogP contribution < -0.4 is 5.73 Å². The molecule has 3 atom stereocenters. The van der Waals surface area contributed by atoms with Gasteiger partial charge in [0.05, 0.1) is 6.10 Å². The van der Waals surface area contributed by atoms with E-state index in [2.05, 4.69) is 6.92 Å². The Balaban J connectivity index is 1.90. The Morgan fingerprint density at radius 1 is 1.17 bits per heavy atom. The van der Waals surface area contributed by atoms with Gasteiger partial charge in [-0.2, -0.15) is 0 Å². The van der Waals surface area contributed by atoms with Gasteiger partial charge in [0.25, 0.3) is 0 Å². The first-order chi connectivity index (χ1) is 8.70. The van der Waals surface area contributed by atoms with Crippen LogP contribution in [0.15, 0.2) is 0 Å². The van der Waals surface area contributed by atoms with Crippen molar-refractivity contribution in [1.82, 2.24) is 0 Å². The molecule has 3 unspecified atom stereocenters. The fourth-order valence-electron chi connectivity index (χ4n) is 4.23. The Bertz CT molecular complexity index is 249. The monoisotopic (exact) mass is 253 g/mol. The largest absolute Gasteiger partial charge is 0.392 e. The van der Waals surface area contributed by atoms with Gasteiger partial charge in [0.2, 0.25) is 0 Å². The molecular weight excluding hydrogens is 222 g/mol. The van der Waals surface area contributed by atoms with E-state index in [1.54, 1.807) is 0 Å². The van der Waals surface area contributed by atoms with Crippen molar-refractivity contribution >= 4 is 0 Å². The third-order valence-corrected chi connectivity index (χ3v) is 5.72. The van der Waals surface area contributed by atoms with Crippen molar-refractivity contribution in [2.75, 3.05) is 6.54 Å². The highest BCUT2D eigenvalue weighted by Crippen LogP contribution is 2.47. The molecule has 2 fully saturated rings. The lowest BCUT2D eigenvalue weighted by molar-refractivity contribution is 0.00865. The molecule has 0 spiro atoms. The number of hydrogen-bond acceptors (Lipinski definition) is 2. The molecule has 18 heavy (non-hydrogen) atoms. The number of nitrogens with two attached hydrogens (primary N) is 1. The summed E-state index contributed by atoms with van der Waals surface area (Å²) in [6.07, 6.45) is 12.5. The second kappa shape index (κ2) is 6.38. The number of aliphatic hydroxyl groups is 1. The highest BCUT2D eigenvalue weighted by atomic mass is 16.3. The molecule has 2 aliphatic carbocycles. The van der Waals surface area contributed by atoms with Crippen molar-refractivity contribution in [3.63, 3.8) is 0 Å². The zero-order valence-electron chi connectivity index (χ0n) is 12.0. The van der Waals surface area contributed by atoms with Crippen LogP contribution in [0.3, 0.4) is 0 Å². The maximum atomic E-state index is 10.7. The molecule has 0 bridgehead atoms. The van der Waals surface area contributed by atoms with Crippen LogP contribution in [0.2, 0.25) is 0 Å². The maximum Gasteiger partial charge on any atom is 0.0611 e. The number of aliphatic hydroxyl groups excluding tert-OH is 1. The van der Waals surface area contributed by atoms with Gasteiger partial charge in [-0.25, -0.2) is 0 Å². The molecule has 3 N–H and O–H groups in total. The number of rotatable bonds is 5. The maximum absolute atomic E-state index is 10.7. The van der Waals surface area contributed by atoms with Crippen molar-refractivity contribution in [3.8, 4) is 0 Å². The smallest absolute Gasteiger partial charge is 0.0611 e. The molecule has 0 aromatic heterocycles. The Labute approximate surface area is 112 Å². The highest BCUT2D eigenvalue weighted by Gasteiger charge is 2.43. The van der Waals surface area contributed by atoms with Crippen molar-refractivity contribution in [1.29, 1.82) is 0 Å². The van der Waals surface area contributed by atoms with E-state index in [1.807, 2.05) is 0 Å². The minimum Gasteiger partial charge on any atom is -0.392 e. The molecule has 0 heterocycles.